The number of methoxy groups -OCH3 is 1. The second-order valence-corrected chi connectivity index (χ2v) is 8.81. The van der Waals surface area contributed by atoms with Crippen LogP contribution in [0.3, 0.4) is 0 Å². The number of ether oxygens (including phenoxy) is 2. The van der Waals surface area contributed by atoms with E-state index >= 15 is 0 Å². The predicted octanol–water partition coefficient (Wildman–Crippen LogP) is 3.95. The van der Waals surface area contributed by atoms with E-state index in [9.17, 15) is 14.7 Å². The van der Waals surface area contributed by atoms with Crippen LogP contribution in [-0.4, -0.2) is 40.0 Å². The third kappa shape index (κ3) is 4.87. The summed E-state index contributed by atoms with van der Waals surface area (Å²) < 4.78 is 11.3. The zero-order valence-electron chi connectivity index (χ0n) is 16.0. The lowest BCUT2D eigenvalue weighted by molar-refractivity contribution is -0.123. The number of thiocarbonyl (C=S) groups is 1. The van der Waals surface area contributed by atoms with E-state index in [1.54, 1.807) is 42.5 Å². The summed E-state index contributed by atoms with van der Waals surface area (Å²) in [6.07, 6.45) is 1.64. The minimum Gasteiger partial charge on any atom is -0.504 e. The number of phenols is 1. The summed E-state index contributed by atoms with van der Waals surface area (Å²) in [4.78, 5) is 25.6. The normalized spacial score (nSPS) is 14.9. The maximum Gasteiger partial charge on any atom is 0.285 e. The number of amides is 2. The van der Waals surface area contributed by atoms with Gasteiger partial charge in [0.2, 0.25) is 0 Å². The van der Waals surface area contributed by atoms with Gasteiger partial charge in [0, 0.05) is 5.56 Å². The van der Waals surface area contributed by atoms with Crippen molar-refractivity contribution in [2.45, 2.75) is 6.92 Å². The molecule has 0 atom stereocenters. The van der Waals surface area contributed by atoms with Gasteiger partial charge in [-0.15, -0.1) is 0 Å². The van der Waals surface area contributed by atoms with Gasteiger partial charge in [-0.2, -0.15) is 5.01 Å². The Labute approximate surface area is 196 Å². The first-order valence-corrected chi connectivity index (χ1v) is 11.0. The number of benzene rings is 2. The molecule has 7 nitrogen and oxygen atoms in total. The Kier molecular flexibility index (Phi) is 7.21. The second kappa shape index (κ2) is 9.67. The van der Waals surface area contributed by atoms with Crippen molar-refractivity contribution in [3.05, 3.63) is 56.0 Å². The molecule has 0 radical (unpaired) electrons. The summed E-state index contributed by atoms with van der Waals surface area (Å²) in [6.45, 7) is 2.21. The van der Waals surface area contributed by atoms with Gasteiger partial charge >= 0.3 is 0 Å². The highest BCUT2D eigenvalue weighted by molar-refractivity contribution is 14.1. The predicted molar refractivity (Wildman–Crippen MR) is 127 cm³/mol. The first-order valence-electron chi connectivity index (χ1n) is 8.72. The monoisotopic (exact) mass is 556 g/mol. The second-order valence-electron chi connectivity index (χ2n) is 5.97. The molecule has 1 saturated heterocycles. The molecule has 1 fully saturated rings. The molecule has 0 aromatic heterocycles. The fourth-order valence-corrected chi connectivity index (χ4v) is 4.37. The molecule has 30 heavy (non-hydrogen) atoms. The van der Waals surface area contributed by atoms with Gasteiger partial charge in [0.15, 0.2) is 15.8 Å². The average Bonchev–Trinajstić information content (AvgIpc) is 2.99. The van der Waals surface area contributed by atoms with Crippen LogP contribution in [0, 0.1) is 3.57 Å². The van der Waals surface area contributed by atoms with Crippen LogP contribution in [0.15, 0.2) is 41.3 Å². The van der Waals surface area contributed by atoms with Crippen molar-refractivity contribution < 1.29 is 24.2 Å². The smallest absolute Gasteiger partial charge is 0.285 e. The maximum absolute atomic E-state index is 12.8. The van der Waals surface area contributed by atoms with E-state index in [0.29, 0.717) is 37.7 Å². The van der Waals surface area contributed by atoms with Crippen LogP contribution in [0.5, 0.6) is 17.2 Å². The number of phenolic OH excluding ortho intramolecular Hbond substituents is 1. The van der Waals surface area contributed by atoms with Crippen molar-refractivity contribution in [1.82, 2.24) is 10.4 Å². The highest BCUT2D eigenvalue weighted by Gasteiger charge is 2.34. The van der Waals surface area contributed by atoms with Crippen molar-refractivity contribution in [3.63, 3.8) is 0 Å². The molecule has 2 aromatic carbocycles. The third-order valence-corrected chi connectivity index (χ3v) is 6.13. The topological polar surface area (TPSA) is 88.1 Å². The molecule has 0 saturated carbocycles. The summed E-state index contributed by atoms with van der Waals surface area (Å²) in [6, 6.07) is 9.86. The molecule has 0 bridgehead atoms. The number of thioether (sulfide) groups is 1. The van der Waals surface area contributed by atoms with E-state index < -0.39 is 11.8 Å². The van der Waals surface area contributed by atoms with Gasteiger partial charge in [-0.05, 0) is 89.8 Å². The van der Waals surface area contributed by atoms with Crippen molar-refractivity contribution in [2.75, 3.05) is 13.7 Å². The van der Waals surface area contributed by atoms with Crippen LogP contribution >= 0.6 is 46.6 Å². The van der Waals surface area contributed by atoms with Crippen molar-refractivity contribution in [2.24, 2.45) is 0 Å². The molecular weight excluding hydrogens is 539 g/mol. The summed E-state index contributed by atoms with van der Waals surface area (Å²) in [5.41, 5.74) is 3.57. The van der Waals surface area contributed by atoms with Gasteiger partial charge in [-0.1, -0.05) is 11.8 Å². The Balaban J connectivity index is 1.79. The molecule has 0 unspecified atom stereocenters. The number of halogens is 1. The fourth-order valence-electron chi connectivity index (χ4n) is 2.57. The third-order valence-electron chi connectivity index (χ3n) is 4.01. The fraction of sp³-hybridized carbons (Fsp3) is 0.150. The minimum absolute atomic E-state index is 0.0499. The lowest BCUT2D eigenvalue weighted by Gasteiger charge is -2.15. The van der Waals surface area contributed by atoms with Crippen LogP contribution in [0.1, 0.15) is 22.8 Å². The van der Waals surface area contributed by atoms with Gasteiger partial charge in [0.1, 0.15) is 5.75 Å². The Hall–Kier alpha value is -2.31. The Bertz CT molecular complexity index is 1040. The maximum atomic E-state index is 12.8. The SMILES string of the molecule is CCOc1cc(/C=C2/SC(=S)N(NC(=O)c3ccc(OC)cc3)C2=O)cc(I)c1O. The number of carbonyl (C=O) groups excluding carboxylic acids is 2. The first kappa shape index (κ1) is 22.4. The van der Waals surface area contributed by atoms with E-state index in [1.165, 1.54) is 7.11 Å². The largest absolute Gasteiger partial charge is 0.504 e. The lowest BCUT2D eigenvalue weighted by Crippen LogP contribution is -2.44. The molecular formula is C20H17IN2O5S2. The average molecular weight is 556 g/mol. The Morgan fingerprint density at radius 3 is 2.67 bits per heavy atom. The van der Waals surface area contributed by atoms with Crippen molar-refractivity contribution in [1.29, 1.82) is 0 Å². The van der Waals surface area contributed by atoms with E-state index in [-0.39, 0.29) is 10.1 Å². The molecule has 0 spiro atoms. The van der Waals surface area contributed by atoms with Crippen LogP contribution in [-0.2, 0) is 4.79 Å². The van der Waals surface area contributed by atoms with Crippen molar-refractivity contribution in [3.8, 4) is 17.2 Å². The summed E-state index contributed by atoms with van der Waals surface area (Å²) in [5, 5.41) is 11.1. The molecule has 1 aliphatic heterocycles. The standard InChI is InChI=1S/C20H17IN2O5S2/c1-3-28-15-9-11(8-14(21)17(15)24)10-16-19(26)23(20(29)30-16)22-18(25)12-4-6-13(27-2)7-5-12/h4-10,24H,3H2,1-2H3,(H,22,25)/b16-10+. The van der Waals surface area contributed by atoms with E-state index in [0.717, 1.165) is 16.8 Å². The summed E-state index contributed by atoms with van der Waals surface area (Å²) >= 11 is 8.33. The van der Waals surface area contributed by atoms with Gasteiger partial charge in [-0.25, -0.2) is 0 Å². The van der Waals surface area contributed by atoms with E-state index in [2.05, 4.69) is 5.43 Å². The molecule has 3 rings (SSSR count). The number of hydrogen-bond acceptors (Lipinski definition) is 7. The lowest BCUT2D eigenvalue weighted by atomic mass is 10.2. The molecule has 2 N–H and O–H groups in total. The van der Waals surface area contributed by atoms with E-state index in [1.807, 2.05) is 29.5 Å². The van der Waals surface area contributed by atoms with Gasteiger partial charge < -0.3 is 14.6 Å². The highest BCUT2D eigenvalue weighted by atomic mass is 127. The van der Waals surface area contributed by atoms with Gasteiger partial charge in [0.05, 0.1) is 22.2 Å². The minimum atomic E-state index is -0.465. The number of nitrogens with one attached hydrogen (secondary N) is 1. The molecule has 10 heteroatoms. The molecule has 2 aromatic rings. The first-order chi connectivity index (χ1) is 14.3. The number of hydrazine groups is 1. The Morgan fingerprint density at radius 1 is 1.33 bits per heavy atom. The zero-order valence-corrected chi connectivity index (χ0v) is 19.8. The zero-order chi connectivity index (χ0) is 21.8. The Morgan fingerprint density at radius 2 is 2.03 bits per heavy atom. The summed E-state index contributed by atoms with van der Waals surface area (Å²) in [5.74, 6) is 0.101. The van der Waals surface area contributed by atoms with Crippen LogP contribution < -0.4 is 14.9 Å². The van der Waals surface area contributed by atoms with Crippen LogP contribution in [0.2, 0.25) is 0 Å². The van der Waals surface area contributed by atoms with E-state index in [4.69, 9.17) is 21.7 Å². The van der Waals surface area contributed by atoms with Crippen LogP contribution in [0.4, 0.5) is 0 Å². The number of aromatic hydroxyl groups is 1. The number of carbonyl (C=O) groups is 2. The van der Waals surface area contributed by atoms with Gasteiger partial charge in [-0.3, -0.25) is 15.0 Å². The van der Waals surface area contributed by atoms with Crippen LogP contribution in [0.25, 0.3) is 6.08 Å². The molecule has 1 heterocycles. The molecule has 156 valence electrons. The molecule has 1 aliphatic rings. The number of rotatable bonds is 6. The number of nitrogens with zero attached hydrogens (tertiary/aromatic N) is 1. The summed E-state index contributed by atoms with van der Waals surface area (Å²) in [7, 11) is 1.54. The molecule has 0 aliphatic carbocycles. The highest BCUT2D eigenvalue weighted by Crippen LogP contribution is 2.36. The van der Waals surface area contributed by atoms with Crippen molar-refractivity contribution >= 4 is 68.8 Å². The molecule has 2 amide bonds. The quantitative estimate of drug-likeness (QED) is 0.317. The number of hydrogen-bond donors (Lipinski definition) is 2. The van der Waals surface area contributed by atoms with Gasteiger partial charge in [0.25, 0.3) is 11.8 Å².